The van der Waals surface area contributed by atoms with E-state index >= 15 is 0 Å². The Morgan fingerprint density at radius 2 is 2.33 bits per heavy atom. The van der Waals surface area contributed by atoms with Gasteiger partial charge in [0.05, 0.1) is 0 Å². The SMILES string of the molecule is ClC1=CC=CCCC=N1. The molecule has 0 amide bonds. The predicted molar refractivity (Wildman–Crippen MR) is 40.8 cm³/mol. The van der Waals surface area contributed by atoms with Gasteiger partial charge in [0, 0.05) is 6.21 Å². The van der Waals surface area contributed by atoms with Gasteiger partial charge in [0.2, 0.25) is 0 Å². The summed E-state index contributed by atoms with van der Waals surface area (Å²) in [6.07, 6.45) is 9.68. The van der Waals surface area contributed by atoms with Crippen molar-refractivity contribution in [3.63, 3.8) is 0 Å². The number of halogens is 1. The van der Waals surface area contributed by atoms with E-state index in [1.165, 1.54) is 0 Å². The Morgan fingerprint density at radius 1 is 1.44 bits per heavy atom. The highest BCUT2D eigenvalue weighted by molar-refractivity contribution is 6.29. The van der Waals surface area contributed by atoms with Gasteiger partial charge in [0.1, 0.15) is 5.16 Å². The standard InChI is InChI=1S/C7H8ClN/c8-7-5-3-1-2-4-6-9-7/h1,3,5-6H,2,4H2. The quantitative estimate of drug-likeness (QED) is 0.460. The van der Waals surface area contributed by atoms with Crippen LogP contribution in [0.1, 0.15) is 12.8 Å². The second kappa shape index (κ2) is 3.46. The Kier molecular flexibility index (Phi) is 2.52. The van der Waals surface area contributed by atoms with Crippen LogP contribution < -0.4 is 0 Å². The minimum absolute atomic E-state index is 0.561. The van der Waals surface area contributed by atoms with Crippen molar-refractivity contribution >= 4 is 17.8 Å². The summed E-state index contributed by atoms with van der Waals surface area (Å²) in [7, 11) is 0. The second-order valence-electron chi connectivity index (χ2n) is 1.81. The van der Waals surface area contributed by atoms with Gasteiger partial charge in [0.15, 0.2) is 0 Å². The van der Waals surface area contributed by atoms with Gasteiger partial charge in [-0.1, -0.05) is 23.8 Å². The average molecular weight is 142 g/mol. The first-order chi connectivity index (χ1) is 4.39. The molecule has 0 bridgehead atoms. The normalized spacial score (nSPS) is 18.6. The Bertz CT molecular complexity index is 168. The van der Waals surface area contributed by atoms with E-state index in [0.29, 0.717) is 5.16 Å². The Labute approximate surface area is 59.7 Å². The number of hydrogen-bond acceptors (Lipinski definition) is 1. The lowest BCUT2D eigenvalue weighted by Crippen LogP contribution is -1.76. The summed E-state index contributed by atoms with van der Waals surface area (Å²) < 4.78 is 0. The van der Waals surface area contributed by atoms with Gasteiger partial charge in [-0.25, -0.2) is 4.99 Å². The molecule has 1 aliphatic rings. The molecule has 0 fully saturated rings. The van der Waals surface area contributed by atoms with E-state index in [9.17, 15) is 0 Å². The van der Waals surface area contributed by atoms with Gasteiger partial charge in [-0.3, -0.25) is 0 Å². The lowest BCUT2D eigenvalue weighted by Gasteiger charge is -1.90. The molecule has 48 valence electrons. The molecule has 0 saturated carbocycles. The van der Waals surface area contributed by atoms with Gasteiger partial charge in [-0.2, -0.15) is 0 Å². The third-order valence-electron chi connectivity index (χ3n) is 1.05. The first-order valence-corrected chi connectivity index (χ1v) is 3.32. The maximum atomic E-state index is 5.61. The molecule has 0 radical (unpaired) electrons. The van der Waals surface area contributed by atoms with Crippen LogP contribution in [-0.2, 0) is 0 Å². The number of aliphatic imine (C=N–C) groups is 1. The van der Waals surface area contributed by atoms with Crippen molar-refractivity contribution in [2.75, 3.05) is 0 Å². The lowest BCUT2D eigenvalue weighted by atomic mass is 10.3. The van der Waals surface area contributed by atoms with E-state index in [2.05, 4.69) is 11.1 Å². The van der Waals surface area contributed by atoms with E-state index < -0.39 is 0 Å². The molecular formula is C7H8ClN. The van der Waals surface area contributed by atoms with Crippen LogP contribution in [-0.4, -0.2) is 6.21 Å². The van der Waals surface area contributed by atoms with Gasteiger partial charge in [-0.05, 0) is 18.9 Å². The highest BCUT2D eigenvalue weighted by Crippen LogP contribution is 2.05. The van der Waals surface area contributed by atoms with Crippen LogP contribution in [0.5, 0.6) is 0 Å². The summed E-state index contributed by atoms with van der Waals surface area (Å²) in [5.74, 6) is 0. The molecule has 1 aliphatic heterocycles. The van der Waals surface area contributed by atoms with Crippen LogP contribution in [0.25, 0.3) is 0 Å². The molecule has 0 spiro atoms. The van der Waals surface area contributed by atoms with Crippen LogP contribution in [0.4, 0.5) is 0 Å². The van der Waals surface area contributed by atoms with Gasteiger partial charge in [0.25, 0.3) is 0 Å². The number of allylic oxidation sites excluding steroid dienone is 3. The monoisotopic (exact) mass is 141 g/mol. The van der Waals surface area contributed by atoms with E-state index in [1.54, 1.807) is 6.08 Å². The van der Waals surface area contributed by atoms with Crippen molar-refractivity contribution in [1.29, 1.82) is 0 Å². The maximum Gasteiger partial charge on any atom is 0.128 e. The fourth-order valence-electron chi connectivity index (χ4n) is 0.609. The van der Waals surface area contributed by atoms with E-state index in [1.807, 2.05) is 12.3 Å². The highest BCUT2D eigenvalue weighted by atomic mass is 35.5. The van der Waals surface area contributed by atoms with Crippen molar-refractivity contribution in [1.82, 2.24) is 0 Å². The Balaban J connectivity index is 2.66. The topological polar surface area (TPSA) is 12.4 Å². The largest absolute Gasteiger partial charge is 0.249 e. The molecular weight excluding hydrogens is 134 g/mol. The molecule has 0 unspecified atom stereocenters. The van der Waals surface area contributed by atoms with E-state index in [4.69, 9.17) is 11.6 Å². The van der Waals surface area contributed by atoms with E-state index in [-0.39, 0.29) is 0 Å². The Hall–Kier alpha value is -0.560. The summed E-state index contributed by atoms with van der Waals surface area (Å²) in [4.78, 5) is 3.93. The van der Waals surface area contributed by atoms with Crippen molar-refractivity contribution in [2.45, 2.75) is 12.8 Å². The maximum absolute atomic E-state index is 5.61. The van der Waals surface area contributed by atoms with Crippen LogP contribution in [0, 0.1) is 0 Å². The summed E-state index contributed by atoms with van der Waals surface area (Å²) in [5.41, 5.74) is 0. The molecule has 0 saturated heterocycles. The zero-order valence-electron chi connectivity index (χ0n) is 5.05. The Morgan fingerprint density at radius 3 is 3.22 bits per heavy atom. The van der Waals surface area contributed by atoms with Gasteiger partial charge < -0.3 is 0 Å². The van der Waals surface area contributed by atoms with Gasteiger partial charge >= 0.3 is 0 Å². The molecule has 2 heteroatoms. The summed E-state index contributed by atoms with van der Waals surface area (Å²) in [5, 5.41) is 0.561. The number of nitrogens with zero attached hydrogens (tertiary/aromatic N) is 1. The van der Waals surface area contributed by atoms with Crippen LogP contribution in [0.3, 0.4) is 0 Å². The highest BCUT2D eigenvalue weighted by Gasteiger charge is 1.85. The fourth-order valence-corrected chi connectivity index (χ4v) is 0.751. The second-order valence-corrected chi connectivity index (χ2v) is 2.19. The summed E-state index contributed by atoms with van der Waals surface area (Å²) in [6, 6.07) is 0. The predicted octanol–water partition coefficient (Wildman–Crippen LogP) is 2.49. The van der Waals surface area contributed by atoms with Crippen LogP contribution in [0.2, 0.25) is 0 Å². The summed E-state index contributed by atoms with van der Waals surface area (Å²) >= 11 is 5.61. The first-order valence-electron chi connectivity index (χ1n) is 2.94. The third-order valence-corrected chi connectivity index (χ3v) is 1.27. The average Bonchev–Trinajstić information content (AvgIpc) is 1.79. The first kappa shape index (κ1) is 6.56. The number of rotatable bonds is 0. The molecule has 0 atom stereocenters. The summed E-state index contributed by atoms with van der Waals surface area (Å²) in [6.45, 7) is 0. The molecule has 0 aromatic heterocycles. The minimum atomic E-state index is 0.561. The molecule has 0 aromatic carbocycles. The van der Waals surface area contributed by atoms with Crippen molar-refractivity contribution < 1.29 is 0 Å². The zero-order valence-corrected chi connectivity index (χ0v) is 5.80. The molecule has 1 rings (SSSR count). The third kappa shape index (κ3) is 2.47. The van der Waals surface area contributed by atoms with Crippen molar-refractivity contribution in [3.8, 4) is 0 Å². The van der Waals surface area contributed by atoms with Crippen molar-refractivity contribution in [2.24, 2.45) is 4.99 Å². The molecule has 1 nitrogen and oxygen atoms in total. The molecule has 0 aliphatic carbocycles. The molecule has 9 heavy (non-hydrogen) atoms. The minimum Gasteiger partial charge on any atom is -0.249 e. The van der Waals surface area contributed by atoms with Crippen LogP contribution in [0.15, 0.2) is 28.4 Å². The molecule has 0 aromatic rings. The fraction of sp³-hybridized carbons (Fsp3) is 0.286. The smallest absolute Gasteiger partial charge is 0.128 e. The van der Waals surface area contributed by atoms with Gasteiger partial charge in [-0.15, -0.1) is 0 Å². The van der Waals surface area contributed by atoms with E-state index in [0.717, 1.165) is 12.8 Å². The van der Waals surface area contributed by atoms with Crippen molar-refractivity contribution in [3.05, 3.63) is 23.4 Å². The van der Waals surface area contributed by atoms with Crippen LogP contribution >= 0.6 is 11.6 Å². The number of hydrogen-bond donors (Lipinski definition) is 0. The molecule has 0 N–H and O–H groups in total. The zero-order chi connectivity index (χ0) is 6.53. The molecule has 1 heterocycles. The lowest BCUT2D eigenvalue weighted by molar-refractivity contribution is 1.11.